The van der Waals surface area contributed by atoms with Crippen LogP contribution < -0.4 is 10.1 Å². The number of fused-ring (bicyclic) bond motifs is 14. The molecule has 6 rings (SSSR count). The molecule has 5 bridgehead atoms. The average molecular weight is 821 g/mol. The van der Waals surface area contributed by atoms with Crippen molar-refractivity contribution in [3.63, 3.8) is 0 Å². The fourth-order valence-electron chi connectivity index (χ4n) is 8.17. The van der Waals surface area contributed by atoms with Crippen molar-refractivity contribution in [2.24, 2.45) is 28.8 Å². The molecule has 0 aromatic heterocycles. The molecule has 322 valence electrons. The highest BCUT2D eigenvalue weighted by Crippen LogP contribution is 2.53. The standard InChI is InChI=1S/C44H60N4O11/c1-22-13-12-14-23(2)43(55)46-35-25(4)32-33(39(53)30(35)21-45-48-18-16-47(10)17-19-48)34-41(28(7)38(32)52)59-44(9,42(34)54)57-20-15-31(56-11)24(3)36(50)26(5)37(51)27(6)40(22)58-29(8)49/h12-15,20-22,24,26-27,31,36-37,40,50-53H,16-19H2,1-11H3,(H,46,55)/b13-12-,20-15-,23-14-,45-21+/t22-,24-,26+,27+,31-,36+,37+,40-,44-/m1/s1. The molecular formula is C44H60N4O11. The summed E-state index contributed by atoms with van der Waals surface area (Å²) in [6.45, 7) is 17.4. The lowest BCUT2D eigenvalue weighted by Gasteiger charge is -2.37. The van der Waals surface area contributed by atoms with E-state index in [0.29, 0.717) is 18.7 Å². The number of amides is 1. The van der Waals surface area contributed by atoms with Gasteiger partial charge in [-0.3, -0.25) is 19.4 Å². The largest absolute Gasteiger partial charge is 0.507 e. The number of benzene rings is 2. The van der Waals surface area contributed by atoms with Crippen LogP contribution in [0.25, 0.3) is 10.8 Å². The number of ketones is 1. The van der Waals surface area contributed by atoms with Crippen LogP contribution in [-0.2, 0) is 23.8 Å². The summed E-state index contributed by atoms with van der Waals surface area (Å²) in [7, 11) is 3.47. The lowest BCUT2D eigenvalue weighted by atomic mass is 9.78. The average Bonchev–Trinajstić information content (AvgIpc) is 3.46. The van der Waals surface area contributed by atoms with Crippen LogP contribution in [0.15, 0.2) is 41.2 Å². The summed E-state index contributed by atoms with van der Waals surface area (Å²) >= 11 is 0. The molecule has 4 aliphatic rings. The number of esters is 1. The maximum Gasteiger partial charge on any atom is 0.312 e. The van der Waals surface area contributed by atoms with Crippen molar-refractivity contribution in [1.82, 2.24) is 9.91 Å². The smallest absolute Gasteiger partial charge is 0.312 e. The zero-order chi connectivity index (χ0) is 43.7. The van der Waals surface area contributed by atoms with Gasteiger partial charge in [0, 0.05) is 92.7 Å². The van der Waals surface area contributed by atoms with Crippen molar-refractivity contribution >= 4 is 40.3 Å². The lowest BCUT2D eigenvalue weighted by molar-refractivity contribution is -0.156. The molecule has 15 heteroatoms. The van der Waals surface area contributed by atoms with Gasteiger partial charge in [0.2, 0.25) is 0 Å². The Kier molecular flexibility index (Phi) is 13.9. The molecule has 4 aliphatic heterocycles. The number of phenols is 2. The molecule has 2 aromatic rings. The molecule has 5 N–H and O–H groups in total. The highest BCUT2D eigenvalue weighted by molar-refractivity contribution is 6.23. The SMILES string of the molecule is CO[C@@H]1/C=C\O[C@]2(C)Oc3c(C)c(O)c4c(C)c(c(/C=N/N5CCN(C)CC5)c(O)c4c3C2=O)NC(=O)/C(C)=C\C=C/[C@@H](C)[C@@H](OC(C)=O)[C@@H](C)[C@@H](O)[C@@H](C)[C@@H](O)[C@@H]1C. The third-order valence-electron chi connectivity index (χ3n) is 12.1. The van der Waals surface area contributed by atoms with Crippen LogP contribution in [0.1, 0.15) is 75.5 Å². The first kappa shape index (κ1) is 45.1. The molecule has 0 radical (unpaired) electrons. The van der Waals surface area contributed by atoms with Crippen LogP contribution in [0.3, 0.4) is 0 Å². The summed E-state index contributed by atoms with van der Waals surface area (Å²) in [5.41, 5.74) is 1.14. The first-order valence-electron chi connectivity index (χ1n) is 20.1. The monoisotopic (exact) mass is 820 g/mol. The zero-order valence-electron chi connectivity index (χ0n) is 35.9. The first-order valence-corrected chi connectivity index (χ1v) is 20.1. The molecule has 0 unspecified atom stereocenters. The summed E-state index contributed by atoms with van der Waals surface area (Å²) in [6.07, 6.45) is 5.46. The molecule has 4 heterocycles. The van der Waals surface area contributed by atoms with E-state index in [1.54, 1.807) is 59.8 Å². The molecule has 15 nitrogen and oxygen atoms in total. The molecule has 1 fully saturated rings. The number of rotatable bonds is 4. The Morgan fingerprint density at radius 2 is 1.59 bits per heavy atom. The normalized spacial score (nSPS) is 32.1. The van der Waals surface area contributed by atoms with Gasteiger partial charge in [0.05, 0.1) is 47.6 Å². The number of methoxy groups -OCH3 is 1. The van der Waals surface area contributed by atoms with Crippen LogP contribution >= 0.6 is 0 Å². The number of allylic oxidation sites excluding steroid dienone is 2. The van der Waals surface area contributed by atoms with Gasteiger partial charge in [0.1, 0.15) is 23.4 Å². The number of phenolic OH excluding ortho intramolecular Hbond substituents is 2. The predicted molar refractivity (Wildman–Crippen MR) is 224 cm³/mol. The van der Waals surface area contributed by atoms with Gasteiger partial charge >= 0.3 is 11.8 Å². The molecule has 1 amide bonds. The van der Waals surface area contributed by atoms with E-state index < -0.39 is 77.3 Å². The fourth-order valence-corrected chi connectivity index (χ4v) is 8.17. The predicted octanol–water partition coefficient (Wildman–Crippen LogP) is 4.94. The Morgan fingerprint density at radius 1 is 0.949 bits per heavy atom. The van der Waals surface area contributed by atoms with Crippen LogP contribution in [0, 0.1) is 37.5 Å². The van der Waals surface area contributed by atoms with E-state index in [9.17, 15) is 34.8 Å². The third kappa shape index (κ3) is 8.98. The lowest BCUT2D eigenvalue weighted by Crippen LogP contribution is -2.46. The number of anilines is 1. The van der Waals surface area contributed by atoms with Crippen molar-refractivity contribution < 1.29 is 53.8 Å². The van der Waals surface area contributed by atoms with Gasteiger partial charge in [-0.15, -0.1) is 0 Å². The van der Waals surface area contributed by atoms with Gasteiger partial charge < -0.3 is 49.6 Å². The van der Waals surface area contributed by atoms with Gasteiger partial charge in [0.15, 0.2) is 0 Å². The van der Waals surface area contributed by atoms with Gasteiger partial charge in [-0.25, -0.2) is 0 Å². The van der Waals surface area contributed by atoms with Gasteiger partial charge in [0.25, 0.3) is 11.7 Å². The molecule has 0 saturated carbocycles. The van der Waals surface area contributed by atoms with E-state index in [4.69, 9.17) is 18.9 Å². The summed E-state index contributed by atoms with van der Waals surface area (Å²) in [4.78, 5) is 42.8. The van der Waals surface area contributed by atoms with E-state index in [1.807, 2.05) is 19.0 Å². The Balaban J connectivity index is 1.70. The molecule has 9 atom stereocenters. The van der Waals surface area contributed by atoms with E-state index in [1.165, 1.54) is 39.5 Å². The van der Waals surface area contributed by atoms with E-state index in [2.05, 4.69) is 15.3 Å². The quantitative estimate of drug-likeness (QED) is 0.206. The number of hydrazone groups is 1. The van der Waals surface area contributed by atoms with Crippen molar-refractivity contribution in [3.05, 3.63) is 58.4 Å². The number of carbonyl (C=O) groups excluding carboxylic acids is 3. The number of aromatic hydroxyl groups is 2. The Labute approximate surface area is 345 Å². The second kappa shape index (κ2) is 18.1. The maximum atomic E-state index is 14.5. The van der Waals surface area contributed by atoms with Gasteiger partial charge in [-0.05, 0) is 39.5 Å². The summed E-state index contributed by atoms with van der Waals surface area (Å²) in [6, 6.07) is 0. The fraction of sp³-hybridized carbons (Fsp3) is 0.545. The number of nitrogens with one attached hydrogen (secondary N) is 1. The van der Waals surface area contributed by atoms with Crippen molar-refractivity contribution in [3.8, 4) is 17.2 Å². The number of aryl methyl sites for hydroxylation is 1. The van der Waals surface area contributed by atoms with Crippen LogP contribution in [0.4, 0.5) is 5.69 Å². The van der Waals surface area contributed by atoms with Gasteiger partial charge in [-0.1, -0.05) is 45.9 Å². The summed E-state index contributed by atoms with van der Waals surface area (Å²) in [5.74, 6) is -6.65. The Morgan fingerprint density at radius 3 is 2.22 bits per heavy atom. The van der Waals surface area contributed by atoms with E-state index >= 15 is 0 Å². The Bertz CT molecular complexity index is 2070. The summed E-state index contributed by atoms with van der Waals surface area (Å²) < 4.78 is 23.6. The number of Topliss-reactive ketones (excluding diaryl/α,β-unsaturated/α-hetero) is 1. The number of nitrogens with zero attached hydrogens (tertiary/aromatic N) is 3. The van der Waals surface area contributed by atoms with Crippen LogP contribution in [-0.4, -0.2) is 125 Å². The van der Waals surface area contributed by atoms with E-state index in [0.717, 1.165) is 13.1 Å². The van der Waals surface area contributed by atoms with Gasteiger partial charge in [-0.2, -0.15) is 5.10 Å². The minimum absolute atomic E-state index is 0.00833. The highest BCUT2D eigenvalue weighted by atomic mass is 16.7. The second-order valence-corrected chi connectivity index (χ2v) is 16.4. The molecule has 0 spiro atoms. The molecular weight excluding hydrogens is 761 g/mol. The number of likely N-dealkylation sites (N-methyl/N-ethyl adjacent to an activating group) is 1. The minimum Gasteiger partial charge on any atom is -0.507 e. The number of carbonyl (C=O) groups is 3. The number of aliphatic hydroxyl groups excluding tert-OH is 2. The topological polar surface area (TPSA) is 200 Å². The zero-order valence-corrected chi connectivity index (χ0v) is 35.9. The number of ether oxygens (including phenoxy) is 4. The van der Waals surface area contributed by atoms with Crippen LogP contribution in [0.5, 0.6) is 17.2 Å². The van der Waals surface area contributed by atoms with Crippen LogP contribution in [0.2, 0.25) is 0 Å². The van der Waals surface area contributed by atoms with Crippen molar-refractivity contribution in [1.29, 1.82) is 0 Å². The number of hydrogen-bond acceptors (Lipinski definition) is 14. The molecule has 2 aromatic carbocycles. The van der Waals surface area contributed by atoms with Crippen molar-refractivity contribution in [2.45, 2.75) is 92.5 Å². The minimum atomic E-state index is -1.95. The molecule has 59 heavy (non-hydrogen) atoms. The summed E-state index contributed by atoms with van der Waals surface area (Å²) in [5, 5.41) is 56.6. The number of hydrogen-bond donors (Lipinski definition) is 5. The third-order valence-corrected chi connectivity index (χ3v) is 12.1. The first-order chi connectivity index (χ1) is 27.7. The number of aliphatic hydroxyl groups is 2. The molecule has 0 aliphatic carbocycles. The maximum absolute atomic E-state index is 14.5. The second-order valence-electron chi connectivity index (χ2n) is 16.4. The highest BCUT2D eigenvalue weighted by Gasteiger charge is 2.49. The number of piperazine rings is 1. The van der Waals surface area contributed by atoms with Crippen molar-refractivity contribution in [2.75, 3.05) is 45.7 Å². The Hall–Kier alpha value is -4.96. The molecule has 1 saturated heterocycles. The van der Waals surface area contributed by atoms with E-state index in [-0.39, 0.29) is 50.2 Å².